The molecule has 28 heavy (non-hydrogen) atoms. The van der Waals surface area contributed by atoms with E-state index >= 15 is 0 Å². The third-order valence-electron chi connectivity index (χ3n) is 4.07. The first-order valence-electron chi connectivity index (χ1n) is 8.52. The topological polar surface area (TPSA) is 103 Å². The standard InChI is InChI=1S/C18H18ClN5O3S/c1-10(2)17-22-15(9-28-17)11(3)21-14-8-20-23(18(25)16(14)19)12-4-6-13(7-5-12)24(26)27/h4-11,21H,1-3H3. The van der Waals surface area contributed by atoms with E-state index in [1.807, 2.05) is 12.3 Å². The van der Waals surface area contributed by atoms with Gasteiger partial charge in [0.25, 0.3) is 11.2 Å². The molecule has 1 unspecified atom stereocenters. The number of non-ortho nitro benzene ring substituents is 1. The molecule has 0 fully saturated rings. The number of thiazole rings is 1. The maximum absolute atomic E-state index is 12.6. The van der Waals surface area contributed by atoms with Crippen LogP contribution in [0.3, 0.4) is 0 Å². The van der Waals surface area contributed by atoms with E-state index in [-0.39, 0.29) is 16.8 Å². The molecule has 0 saturated carbocycles. The zero-order valence-electron chi connectivity index (χ0n) is 15.4. The number of hydrogen-bond donors (Lipinski definition) is 1. The van der Waals surface area contributed by atoms with Gasteiger partial charge >= 0.3 is 0 Å². The minimum absolute atomic E-state index is 0.0143. The summed E-state index contributed by atoms with van der Waals surface area (Å²) in [6, 6.07) is 5.35. The Balaban J connectivity index is 1.85. The minimum atomic E-state index is -0.520. The molecule has 0 saturated heterocycles. The molecule has 0 spiro atoms. The van der Waals surface area contributed by atoms with Crippen LogP contribution in [-0.2, 0) is 0 Å². The molecule has 0 aliphatic carbocycles. The van der Waals surface area contributed by atoms with Crippen molar-refractivity contribution in [3.05, 3.63) is 72.0 Å². The zero-order chi connectivity index (χ0) is 20.4. The van der Waals surface area contributed by atoms with E-state index in [2.05, 4.69) is 29.2 Å². The number of anilines is 1. The number of nitro groups is 1. The first-order valence-corrected chi connectivity index (χ1v) is 9.78. The summed E-state index contributed by atoms with van der Waals surface area (Å²) >= 11 is 7.85. The molecule has 3 aromatic rings. The van der Waals surface area contributed by atoms with Crippen LogP contribution in [0.5, 0.6) is 0 Å². The summed E-state index contributed by atoms with van der Waals surface area (Å²) in [6.45, 7) is 6.09. The van der Waals surface area contributed by atoms with Crippen molar-refractivity contribution in [1.29, 1.82) is 0 Å². The van der Waals surface area contributed by atoms with Crippen LogP contribution in [0.15, 0.2) is 40.6 Å². The summed E-state index contributed by atoms with van der Waals surface area (Å²) in [5.41, 5.74) is 1.06. The van der Waals surface area contributed by atoms with Crippen molar-refractivity contribution in [2.24, 2.45) is 0 Å². The third-order valence-corrected chi connectivity index (χ3v) is 5.60. The van der Waals surface area contributed by atoms with Gasteiger partial charge in [0.05, 0.1) is 39.2 Å². The number of rotatable bonds is 6. The molecule has 1 N–H and O–H groups in total. The van der Waals surface area contributed by atoms with Gasteiger partial charge in [-0.2, -0.15) is 9.78 Å². The number of nitrogens with zero attached hydrogens (tertiary/aromatic N) is 4. The molecule has 10 heteroatoms. The average Bonchev–Trinajstić information content (AvgIpc) is 3.16. The Morgan fingerprint density at radius 2 is 1.93 bits per heavy atom. The minimum Gasteiger partial charge on any atom is -0.374 e. The molecule has 0 bridgehead atoms. The molecule has 1 atom stereocenters. The lowest BCUT2D eigenvalue weighted by Crippen LogP contribution is -2.23. The molecule has 8 nitrogen and oxygen atoms in total. The van der Waals surface area contributed by atoms with Crippen LogP contribution in [0, 0.1) is 10.1 Å². The van der Waals surface area contributed by atoms with Gasteiger partial charge in [-0.15, -0.1) is 11.3 Å². The molecular weight excluding hydrogens is 402 g/mol. The van der Waals surface area contributed by atoms with Crippen LogP contribution in [0.4, 0.5) is 11.4 Å². The summed E-state index contributed by atoms with van der Waals surface area (Å²) in [6.07, 6.45) is 1.46. The molecule has 146 valence electrons. The lowest BCUT2D eigenvalue weighted by Gasteiger charge is -2.15. The second kappa shape index (κ2) is 8.07. The Kier molecular flexibility index (Phi) is 5.76. The summed E-state index contributed by atoms with van der Waals surface area (Å²) in [5.74, 6) is 0.349. The monoisotopic (exact) mass is 419 g/mol. The predicted octanol–water partition coefficient (Wildman–Crippen LogP) is 4.55. The van der Waals surface area contributed by atoms with Crippen LogP contribution in [-0.4, -0.2) is 19.7 Å². The fourth-order valence-corrected chi connectivity index (χ4v) is 3.62. The van der Waals surface area contributed by atoms with Crippen LogP contribution < -0.4 is 10.9 Å². The summed E-state index contributed by atoms with van der Waals surface area (Å²) in [4.78, 5) is 27.5. The Morgan fingerprint density at radius 3 is 2.50 bits per heavy atom. The van der Waals surface area contributed by atoms with Gasteiger partial charge in [0.1, 0.15) is 5.02 Å². The fraction of sp³-hybridized carbons (Fsp3) is 0.278. The van der Waals surface area contributed by atoms with E-state index in [1.165, 1.54) is 30.5 Å². The van der Waals surface area contributed by atoms with E-state index in [0.29, 0.717) is 17.3 Å². The van der Waals surface area contributed by atoms with Crippen molar-refractivity contribution in [3.63, 3.8) is 0 Å². The summed E-state index contributed by atoms with van der Waals surface area (Å²) < 4.78 is 1.10. The van der Waals surface area contributed by atoms with Crippen molar-refractivity contribution in [2.45, 2.75) is 32.7 Å². The molecule has 0 aliphatic rings. The number of nitro benzene ring substituents is 1. The first kappa shape index (κ1) is 20.0. The van der Waals surface area contributed by atoms with Gasteiger partial charge in [-0.05, 0) is 19.1 Å². The van der Waals surface area contributed by atoms with Gasteiger partial charge in [0.15, 0.2) is 0 Å². The van der Waals surface area contributed by atoms with Crippen LogP contribution >= 0.6 is 22.9 Å². The summed E-state index contributed by atoms with van der Waals surface area (Å²) in [7, 11) is 0. The van der Waals surface area contributed by atoms with Gasteiger partial charge in [-0.1, -0.05) is 25.4 Å². The molecule has 0 aliphatic heterocycles. The molecule has 0 amide bonds. The maximum atomic E-state index is 12.6. The second-order valence-electron chi connectivity index (χ2n) is 6.49. The number of halogens is 1. The normalized spacial score (nSPS) is 12.2. The Morgan fingerprint density at radius 1 is 1.25 bits per heavy atom. The number of nitrogens with one attached hydrogen (secondary N) is 1. The van der Waals surface area contributed by atoms with E-state index < -0.39 is 10.5 Å². The van der Waals surface area contributed by atoms with E-state index in [4.69, 9.17) is 11.6 Å². The lowest BCUT2D eigenvalue weighted by molar-refractivity contribution is -0.384. The largest absolute Gasteiger partial charge is 0.374 e. The van der Waals surface area contributed by atoms with Crippen LogP contribution in [0.2, 0.25) is 5.02 Å². The van der Waals surface area contributed by atoms with Gasteiger partial charge < -0.3 is 5.32 Å². The third kappa shape index (κ3) is 4.05. The fourth-order valence-electron chi connectivity index (χ4n) is 2.50. The smallest absolute Gasteiger partial charge is 0.292 e. The van der Waals surface area contributed by atoms with Crippen LogP contribution in [0.1, 0.15) is 43.4 Å². The molecule has 1 aromatic carbocycles. The first-order chi connectivity index (χ1) is 13.3. The highest BCUT2D eigenvalue weighted by Crippen LogP contribution is 2.27. The zero-order valence-corrected chi connectivity index (χ0v) is 17.0. The molecular formula is C18H18ClN5O3S. The van der Waals surface area contributed by atoms with Crippen molar-refractivity contribution in [1.82, 2.24) is 14.8 Å². The molecule has 2 aromatic heterocycles. The second-order valence-corrected chi connectivity index (χ2v) is 7.76. The quantitative estimate of drug-likeness (QED) is 0.464. The number of benzene rings is 1. The highest BCUT2D eigenvalue weighted by atomic mass is 35.5. The van der Waals surface area contributed by atoms with Gasteiger partial charge in [0.2, 0.25) is 0 Å². The Labute approximate surface area is 170 Å². The predicted molar refractivity (Wildman–Crippen MR) is 110 cm³/mol. The molecule has 0 radical (unpaired) electrons. The van der Waals surface area contributed by atoms with Crippen molar-refractivity contribution in [2.75, 3.05) is 5.32 Å². The van der Waals surface area contributed by atoms with Crippen molar-refractivity contribution < 1.29 is 4.92 Å². The van der Waals surface area contributed by atoms with Crippen molar-refractivity contribution >= 4 is 34.3 Å². The SMILES string of the molecule is CC(C)c1nc(C(C)Nc2cnn(-c3ccc([N+](=O)[O-])cc3)c(=O)c2Cl)cs1. The number of hydrogen-bond acceptors (Lipinski definition) is 7. The van der Waals surface area contributed by atoms with Crippen LogP contribution in [0.25, 0.3) is 5.69 Å². The summed E-state index contributed by atoms with van der Waals surface area (Å²) in [5, 5.41) is 21.1. The highest BCUT2D eigenvalue weighted by molar-refractivity contribution is 7.09. The average molecular weight is 420 g/mol. The van der Waals surface area contributed by atoms with Gasteiger partial charge in [-0.25, -0.2) is 4.98 Å². The van der Waals surface area contributed by atoms with E-state index in [0.717, 1.165) is 15.4 Å². The molecule has 2 heterocycles. The highest BCUT2D eigenvalue weighted by Gasteiger charge is 2.16. The van der Waals surface area contributed by atoms with Gasteiger partial charge in [0, 0.05) is 23.4 Å². The lowest BCUT2D eigenvalue weighted by atomic mass is 10.2. The maximum Gasteiger partial charge on any atom is 0.292 e. The molecule has 3 rings (SSSR count). The van der Waals surface area contributed by atoms with E-state index in [9.17, 15) is 14.9 Å². The van der Waals surface area contributed by atoms with Crippen molar-refractivity contribution in [3.8, 4) is 5.69 Å². The van der Waals surface area contributed by atoms with E-state index in [1.54, 1.807) is 11.3 Å². The number of aromatic nitrogens is 3. The Bertz CT molecular complexity index is 1060. The van der Waals surface area contributed by atoms with Gasteiger partial charge in [-0.3, -0.25) is 14.9 Å². The Hall–Kier alpha value is -2.78.